The third-order valence-corrected chi connectivity index (χ3v) is 5.59. The molecule has 1 aliphatic heterocycles. The summed E-state index contributed by atoms with van der Waals surface area (Å²) in [7, 11) is -2.88. The molecule has 1 aromatic rings. The summed E-state index contributed by atoms with van der Waals surface area (Å²) in [5.74, 6) is 1.15. The first kappa shape index (κ1) is 16.8. The highest BCUT2D eigenvalue weighted by atomic mass is 32.2. The topological polar surface area (TPSA) is 70.6 Å². The smallest absolute Gasteiger partial charge is 0.191 e. The van der Waals surface area contributed by atoms with Crippen LogP contribution in [0.3, 0.4) is 0 Å². The number of benzene rings is 1. The summed E-state index contributed by atoms with van der Waals surface area (Å²) in [5, 5.41) is 6.42. The number of sulfone groups is 1. The largest absolute Gasteiger partial charge is 0.357 e. The van der Waals surface area contributed by atoms with Gasteiger partial charge in [-0.3, -0.25) is 0 Å². The maximum atomic E-state index is 11.5. The molecule has 0 aliphatic carbocycles. The lowest BCUT2D eigenvalue weighted by atomic mass is 10.1. The van der Waals surface area contributed by atoms with E-state index in [2.05, 4.69) is 47.7 Å². The molecule has 0 amide bonds. The van der Waals surface area contributed by atoms with E-state index in [1.165, 1.54) is 16.7 Å². The highest BCUT2D eigenvalue weighted by Gasteiger charge is 2.28. The van der Waals surface area contributed by atoms with Gasteiger partial charge in [0, 0.05) is 12.6 Å². The summed E-state index contributed by atoms with van der Waals surface area (Å²) in [5.41, 5.74) is 3.65. The van der Waals surface area contributed by atoms with Crippen molar-refractivity contribution < 1.29 is 8.42 Å². The van der Waals surface area contributed by atoms with Crippen LogP contribution in [0.25, 0.3) is 0 Å². The fraction of sp³-hybridized carbons (Fsp3) is 0.562. The highest BCUT2D eigenvalue weighted by Crippen LogP contribution is 2.13. The Kier molecular flexibility index (Phi) is 5.45. The SMILES string of the molecule is CCNC(=NCc1ccc(C)cc1C)NC1CCS(=O)(=O)C1. The zero-order valence-corrected chi connectivity index (χ0v) is 14.3. The summed E-state index contributed by atoms with van der Waals surface area (Å²) >= 11 is 0. The lowest BCUT2D eigenvalue weighted by Gasteiger charge is -2.16. The van der Waals surface area contributed by atoms with Gasteiger partial charge in [0.25, 0.3) is 0 Å². The monoisotopic (exact) mass is 323 g/mol. The van der Waals surface area contributed by atoms with Crippen LogP contribution in [0.4, 0.5) is 0 Å². The van der Waals surface area contributed by atoms with E-state index < -0.39 is 9.84 Å². The van der Waals surface area contributed by atoms with Crippen molar-refractivity contribution in [2.75, 3.05) is 18.1 Å². The first-order chi connectivity index (χ1) is 10.4. The molecule has 0 aromatic heterocycles. The minimum absolute atomic E-state index is 0.0399. The maximum Gasteiger partial charge on any atom is 0.191 e. The second kappa shape index (κ2) is 7.13. The van der Waals surface area contributed by atoms with E-state index >= 15 is 0 Å². The van der Waals surface area contributed by atoms with E-state index in [-0.39, 0.29) is 17.5 Å². The molecule has 2 N–H and O–H groups in total. The molecule has 5 nitrogen and oxygen atoms in total. The summed E-state index contributed by atoms with van der Waals surface area (Å²) in [6.07, 6.45) is 0.649. The molecule has 1 saturated heterocycles. The third kappa shape index (κ3) is 4.73. The molecule has 6 heteroatoms. The van der Waals surface area contributed by atoms with Gasteiger partial charge in [-0.1, -0.05) is 23.8 Å². The van der Waals surface area contributed by atoms with Crippen molar-refractivity contribution in [2.24, 2.45) is 4.99 Å². The summed E-state index contributed by atoms with van der Waals surface area (Å²) in [4.78, 5) is 4.59. The number of aryl methyl sites for hydroxylation is 2. The van der Waals surface area contributed by atoms with Gasteiger partial charge in [-0.25, -0.2) is 13.4 Å². The van der Waals surface area contributed by atoms with Gasteiger partial charge >= 0.3 is 0 Å². The lowest BCUT2D eigenvalue weighted by Crippen LogP contribution is -2.44. The predicted octanol–water partition coefficient (Wildman–Crippen LogP) is 1.55. The van der Waals surface area contributed by atoms with Crippen LogP contribution in [0.5, 0.6) is 0 Å². The predicted molar refractivity (Wildman–Crippen MR) is 90.9 cm³/mol. The summed E-state index contributed by atoms with van der Waals surface area (Å²) in [6.45, 7) is 7.49. The van der Waals surface area contributed by atoms with E-state index in [0.717, 1.165) is 6.54 Å². The van der Waals surface area contributed by atoms with Crippen molar-refractivity contribution in [2.45, 2.75) is 39.8 Å². The Morgan fingerprint density at radius 2 is 2.14 bits per heavy atom. The van der Waals surface area contributed by atoms with E-state index in [9.17, 15) is 8.42 Å². The van der Waals surface area contributed by atoms with E-state index in [1.807, 2.05) is 6.92 Å². The molecule has 0 spiro atoms. The van der Waals surface area contributed by atoms with Crippen LogP contribution in [0.1, 0.15) is 30.0 Å². The number of guanidine groups is 1. The van der Waals surface area contributed by atoms with E-state index in [0.29, 0.717) is 18.9 Å². The van der Waals surface area contributed by atoms with E-state index in [4.69, 9.17) is 0 Å². The molecule has 1 atom stereocenters. The van der Waals surface area contributed by atoms with Crippen LogP contribution in [-0.2, 0) is 16.4 Å². The maximum absolute atomic E-state index is 11.5. The van der Waals surface area contributed by atoms with Crippen LogP contribution in [0.2, 0.25) is 0 Å². The molecule has 0 radical (unpaired) electrons. The van der Waals surface area contributed by atoms with Crippen molar-refractivity contribution >= 4 is 15.8 Å². The van der Waals surface area contributed by atoms with E-state index in [1.54, 1.807) is 0 Å². The van der Waals surface area contributed by atoms with Gasteiger partial charge in [0.1, 0.15) is 0 Å². The zero-order chi connectivity index (χ0) is 16.2. The zero-order valence-electron chi connectivity index (χ0n) is 13.5. The normalized spacial score (nSPS) is 20.9. The molecule has 2 rings (SSSR count). The molecule has 122 valence electrons. The Morgan fingerprint density at radius 3 is 2.73 bits per heavy atom. The molecule has 1 fully saturated rings. The Bertz CT molecular complexity index is 653. The van der Waals surface area contributed by atoms with Crippen LogP contribution >= 0.6 is 0 Å². The molecule has 22 heavy (non-hydrogen) atoms. The summed E-state index contributed by atoms with van der Waals surface area (Å²) < 4.78 is 23.1. The molecular formula is C16H25N3O2S. The van der Waals surface area contributed by atoms with Gasteiger partial charge in [-0.15, -0.1) is 0 Å². The van der Waals surface area contributed by atoms with Crippen LogP contribution in [0, 0.1) is 13.8 Å². The minimum Gasteiger partial charge on any atom is -0.357 e. The van der Waals surface area contributed by atoms with Gasteiger partial charge in [0.15, 0.2) is 15.8 Å². The summed E-state index contributed by atoms with van der Waals surface area (Å²) in [6, 6.07) is 6.29. The number of rotatable bonds is 4. The Labute approximate surface area is 133 Å². The molecular weight excluding hydrogens is 298 g/mol. The average Bonchev–Trinajstić information content (AvgIpc) is 2.77. The first-order valence-corrected chi connectivity index (χ1v) is 9.53. The van der Waals surface area contributed by atoms with Crippen molar-refractivity contribution in [1.29, 1.82) is 0 Å². The Morgan fingerprint density at radius 1 is 1.36 bits per heavy atom. The Balaban J connectivity index is 2.03. The van der Waals surface area contributed by atoms with Gasteiger partial charge in [0.2, 0.25) is 0 Å². The highest BCUT2D eigenvalue weighted by molar-refractivity contribution is 7.91. The third-order valence-electron chi connectivity index (χ3n) is 3.82. The Hall–Kier alpha value is -1.56. The van der Waals surface area contributed by atoms with Gasteiger partial charge in [0.05, 0.1) is 18.1 Å². The molecule has 0 saturated carbocycles. The number of hydrogen-bond donors (Lipinski definition) is 2. The minimum atomic E-state index is -2.88. The number of hydrogen-bond acceptors (Lipinski definition) is 3. The molecule has 1 aliphatic rings. The number of nitrogens with zero attached hydrogens (tertiary/aromatic N) is 1. The van der Waals surface area contributed by atoms with Crippen molar-refractivity contribution in [3.8, 4) is 0 Å². The fourth-order valence-electron chi connectivity index (χ4n) is 2.61. The second-order valence-corrected chi connectivity index (χ2v) is 8.10. The van der Waals surface area contributed by atoms with Gasteiger partial charge in [-0.05, 0) is 38.3 Å². The number of nitrogens with one attached hydrogen (secondary N) is 2. The molecule has 1 heterocycles. The quantitative estimate of drug-likeness (QED) is 0.651. The standard InChI is InChI=1S/C16H25N3O2S/c1-4-17-16(19-15-7-8-22(20,21)11-15)18-10-14-6-5-12(2)9-13(14)3/h5-6,9,15H,4,7-8,10-11H2,1-3H3,(H2,17,18,19). The molecule has 0 bridgehead atoms. The second-order valence-electron chi connectivity index (χ2n) is 5.87. The molecule has 1 aromatic carbocycles. The number of aliphatic imine (C=N–C) groups is 1. The van der Waals surface area contributed by atoms with Crippen LogP contribution < -0.4 is 10.6 Å². The fourth-order valence-corrected chi connectivity index (χ4v) is 4.28. The average molecular weight is 323 g/mol. The van der Waals surface area contributed by atoms with Gasteiger partial charge < -0.3 is 10.6 Å². The van der Waals surface area contributed by atoms with Crippen molar-refractivity contribution in [1.82, 2.24) is 10.6 Å². The van der Waals surface area contributed by atoms with Crippen molar-refractivity contribution in [3.05, 3.63) is 34.9 Å². The lowest BCUT2D eigenvalue weighted by molar-refractivity contribution is 0.599. The van der Waals surface area contributed by atoms with Crippen LogP contribution in [-0.4, -0.2) is 38.5 Å². The van der Waals surface area contributed by atoms with Crippen molar-refractivity contribution in [3.63, 3.8) is 0 Å². The first-order valence-electron chi connectivity index (χ1n) is 7.71. The van der Waals surface area contributed by atoms with Gasteiger partial charge in [-0.2, -0.15) is 0 Å². The molecule has 1 unspecified atom stereocenters. The van der Waals surface area contributed by atoms with Crippen LogP contribution in [0.15, 0.2) is 23.2 Å².